The summed E-state index contributed by atoms with van der Waals surface area (Å²) < 4.78 is 9.90. The number of hydrogen-bond acceptors (Lipinski definition) is 5. The molecule has 0 saturated carbocycles. The van der Waals surface area contributed by atoms with E-state index in [9.17, 15) is 4.79 Å². The Morgan fingerprint density at radius 1 is 0.579 bits per heavy atom. The molecule has 0 rings (SSSR count). The molecule has 0 fully saturated rings. The fourth-order valence-corrected chi connectivity index (χ4v) is 1.29. The Morgan fingerprint density at radius 2 is 0.921 bits per heavy atom. The quantitative estimate of drug-likeness (QED) is 0.155. The minimum Gasteiger partial charge on any atom is -0.382 e. The highest BCUT2D eigenvalue weighted by molar-refractivity contribution is 5.70. The molecule has 0 bridgehead atoms. The smallest absolute Gasteiger partial charge is 0.360 e. The lowest BCUT2D eigenvalue weighted by atomic mass is 10.5. The third-order valence-corrected chi connectivity index (χ3v) is 2.55. The number of carbonyl (C=O) groups is 1. The number of carbonyl (C=O) groups excluding carboxylic acids is 1. The summed E-state index contributed by atoms with van der Waals surface area (Å²) in [4.78, 5) is 16.9. The Kier molecular flexibility index (Phi) is 21.5. The summed E-state index contributed by atoms with van der Waals surface area (Å²) in [5.74, 6) is 56.8. The lowest BCUT2D eigenvalue weighted by Gasteiger charge is -2.08. The van der Waals surface area contributed by atoms with E-state index in [0.717, 1.165) is 5.06 Å². The number of rotatable bonds is 6. The molecule has 0 aromatic heterocycles. The largest absolute Gasteiger partial charge is 0.382 e. The summed E-state index contributed by atoms with van der Waals surface area (Å²) in [6.45, 7) is 0.178. The van der Waals surface area contributed by atoms with Crippen molar-refractivity contribution in [2.24, 2.45) is 0 Å². The summed E-state index contributed by atoms with van der Waals surface area (Å²) in [7, 11) is 1.50. The van der Waals surface area contributed by atoms with Gasteiger partial charge in [0.05, 0.1) is 25.3 Å². The molecule has 0 unspecified atom stereocenters. The number of terminal acetylenes is 2. The molecular weight excluding hydrogens is 474 g/mol. The predicted molar refractivity (Wildman–Crippen MR) is 205 cm³/mol. The molecule has 0 aromatic carbocycles. The standard InChI is InChI=1S/C33H11NO4.30H2/c1-4-6-8-10-12-14-16-18-20-22-24-26-28-34(38-33(35)32-37-31-30-36-3)29-27-25-23-21-19-17-15-13-11-9-7-5-2;;;;;;;;;;;;;;;;;;;;;;;;;;;;;;/h1-2H,30-32H2,3H3;30*1H. The summed E-state index contributed by atoms with van der Waals surface area (Å²) in [5.41, 5.74) is 0. The Morgan fingerprint density at radius 3 is 1.26 bits per heavy atom. The van der Waals surface area contributed by atoms with E-state index < -0.39 is 5.97 Å². The molecule has 0 aliphatic carbocycles. The van der Waals surface area contributed by atoms with Crippen molar-refractivity contribution in [3.05, 3.63) is 0 Å². The maximum Gasteiger partial charge on any atom is 0.360 e. The molecule has 0 atom stereocenters. The fourth-order valence-electron chi connectivity index (χ4n) is 1.29. The molecule has 232 valence electrons. The molecule has 0 heterocycles. The van der Waals surface area contributed by atoms with Crippen molar-refractivity contribution in [3.63, 3.8) is 0 Å². The number of hydroxylamine groups is 2. The van der Waals surface area contributed by atoms with Gasteiger partial charge < -0.3 is 14.3 Å². The van der Waals surface area contributed by atoms with Crippen molar-refractivity contribution in [1.29, 1.82) is 0 Å². The van der Waals surface area contributed by atoms with Crippen LogP contribution in [-0.2, 0) is 19.1 Å². The molecule has 0 aliphatic rings. The van der Waals surface area contributed by atoms with Gasteiger partial charge in [-0.1, -0.05) is 5.06 Å². The average Bonchev–Trinajstić information content (AvgIpc) is 2.92. The summed E-state index contributed by atoms with van der Waals surface area (Å²) in [6, 6.07) is 4.83. The van der Waals surface area contributed by atoms with Crippen LogP contribution < -0.4 is 0 Å². The topological polar surface area (TPSA) is 48.0 Å². The number of hydrogen-bond donors (Lipinski definition) is 0. The minimum absolute atomic E-state index is 0. The first kappa shape index (κ1) is 31.0. The normalized spacial score (nSPS) is 5.66. The van der Waals surface area contributed by atoms with Crippen LogP contribution in [0.3, 0.4) is 0 Å². The maximum absolute atomic E-state index is 11.9. The maximum atomic E-state index is 11.9. The van der Waals surface area contributed by atoms with Crippen molar-refractivity contribution in [2.75, 3.05) is 26.9 Å². The number of nitrogens with zero attached hydrogens (tertiary/aromatic N) is 1. The molecule has 0 spiro atoms. The van der Waals surface area contributed by atoms with Gasteiger partial charge in [0.25, 0.3) is 0 Å². The van der Waals surface area contributed by atoms with Crippen molar-refractivity contribution in [3.8, 4) is 167 Å². The van der Waals surface area contributed by atoms with Gasteiger partial charge in [-0.3, -0.25) is 0 Å². The van der Waals surface area contributed by atoms with Crippen LogP contribution in [0.25, 0.3) is 0 Å². The lowest BCUT2D eigenvalue weighted by Crippen LogP contribution is -2.22. The predicted octanol–water partition coefficient (Wildman–Crippen LogP) is 7.01. The third kappa shape index (κ3) is 23.7. The van der Waals surface area contributed by atoms with Gasteiger partial charge in [0, 0.05) is 121 Å². The Hall–Kier alpha value is -6.97. The third-order valence-electron chi connectivity index (χ3n) is 2.55. The Balaban J connectivity index is -0.0000000157. The molecule has 5 heteroatoms. The lowest BCUT2D eigenvalue weighted by molar-refractivity contribution is -0.171. The molecule has 0 aromatic rings. The summed E-state index contributed by atoms with van der Waals surface area (Å²) in [6.07, 6.45) is 9.89. The zero-order valence-corrected chi connectivity index (χ0v) is 19.9. The van der Waals surface area contributed by atoms with Crippen molar-refractivity contribution in [2.45, 2.75) is 0 Å². The fraction of sp³-hybridized carbons (Fsp3) is 0.121. The highest BCUT2D eigenvalue weighted by Crippen LogP contribution is 1.89. The first-order valence-electron chi connectivity index (χ1n) is 9.74. The Bertz CT molecular complexity index is 1690. The molecule has 0 N–H and O–H groups in total. The van der Waals surface area contributed by atoms with Gasteiger partial charge in [-0.25, -0.2) is 4.79 Å². The van der Waals surface area contributed by atoms with Crippen LogP contribution in [0.1, 0.15) is 42.8 Å². The van der Waals surface area contributed by atoms with Gasteiger partial charge in [0.2, 0.25) is 0 Å². The minimum atomic E-state index is -0.753. The van der Waals surface area contributed by atoms with Gasteiger partial charge in [0.1, 0.15) is 6.61 Å². The summed E-state index contributed by atoms with van der Waals surface area (Å²) >= 11 is 0. The van der Waals surface area contributed by atoms with Crippen LogP contribution in [0.2, 0.25) is 0 Å². The van der Waals surface area contributed by atoms with Crippen LogP contribution in [0, 0.1) is 167 Å². The highest BCUT2D eigenvalue weighted by atomic mass is 16.7. The van der Waals surface area contributed by atoms with Crippen molar-refractivity contribution >= 4 is 5.97 Å². The van der Waals surface area contributed by atoms with E-state index in [0.29, 0.717) is 6.61 Å². The van der Waals surface area contributed by atoms with E-state index in [-0.39, 0.29) is 56.0 Å². The zero-order chi connectivity index (χ0) is 27.8. The van der Waals surface area contributed by atoms with Crippen molar-refractivity contribution in [1.82, 2.24) is 5.06 Å². The Labute approximate surface area is 268 Å². The van der Waals surface area contributed by atoms with Crippen LogP contribution in [0.4, 0.5) is 0 Å². The second-order valence-electron chi connectivity index (χ2n) is 5.07. The van der Waals surface area contributed by atoms with Gasteiger partial charge in [0.15, 0.2) is 0 Å². The molecule has 5 nitrogen and oxygen atoms in total. The van der Waals surface area contributed by atoms with Crippen LogP contribution in [0.5, 0.6) is 0 Å². The van der Waals surface area contributed by atoms with E-state index in [1.165, 1.54) is 7.11 Å². The SMILES string of the molecule is C#CC#CC#CC#CC#CC#CC#CN(C#CC#CC#CC#CC#CC#CC#C)OC(=O)COCCOC.[HH].[HH].[HH].[HH].[HH].[HH].[HH].[HH].[HH].[HH].[HH].[HH].[HH].[HH].[HH].[HH].[HH].[HH].[HH].[HH].[HH].[HH].[HH].[HH].[HH].[HH].[HH].[HH].[HH].[HH]. The van der Waals surface area contributed by atoms with Crippen LogP contribution in [-0.4, -0.2) is 38.0 Å². The molecular formula is C33H71NO4. The highest BCUT2D eigenvalue weighted by Gasteiger charge is 2.07. The van der Waals surface area contributed by atoms with E-state index >= 15 is 0 Å². The van der Waals surface area contributed by atoms with E-state index in [2.05, 4.69) is 154 Å². The van der Waals surface area contributed by atoms with E-state index in [4.69, 9.17) is 27.2 Å². The van der Waals surface area contributed by atoms with Gasteiger partial charge in [-0.2, -0.15) is 0 Å². The van der Waals surface area contributed by atoms with Crippen molar-refractivity contribution < 1.29 is 61.9 Å². The first-order valence-corrected chi connectivity index (χ1v) is 9.74. The molecule has 0 saturated heterocycles. The average molecular weight is 546 g/mol. The molecule has 0 aliphatic heterocycles. The number of methoxy groups -OCH3 is 1. The van der Waals surface area contributed by atoms with E-state index in [1.54, 1.807) is 0 Å². The van der Waals surface area contributed by atoms with Gasteiger partial charge in [-0.05, 0) is 71.0 Å². The van der Waals surface area contributed by atoms with Gasteiger partial charge in [-0.15, -0.1) is 12.8 Å². The second-order valence-corrected chi connectivity index (χ2v) is 5.07. The van der Waals surface area contributed by atoms with Crippen LogP contribution in [0.15, 0.2) is 0 Å². The van der Waals surface area contributed by atoms with Crippen LogP contribution >= 0.6 is 0 Å². The van der Waals surface area contributed by atoms with E-state index in [1.807, 2.05) is 0 Å². The second kappa shape index (κ2) is 26.3. The number of ether oxygens (including phenoxy) is 2. The molecule has 0 radical (unpaired) electrons. The monoisotopic (exact) mass is 546 g/mol. The zero-order valence-electron chi connectivity index (χ0n) is 19.9. The summed E-state index contributed by atoms with van der Waals surface area (Å²) in [5, 5.41) is 0.728. The molecule has 0 amide bonds. The van der Waals surface area contributed by atoms with Gasteiger partial charge >= 0.3 is 5.97 Å². The first-order chi connectivity index (χ1) is 18.7. The molecule has 38 heavy (non-hydrogen) atoms.